The molecule has 2 aromatic carbocycles. The Morgan fingerprint density at radius 3 is 2.64 bits per heavy atom. The molecule has 0 saturated carbocycles. The van der Waals surface area contributed by atoms with Crippen LogP contribution in [0.1, 0.15) is 39.0 Å². The van der Waals surface area contributed by atoms with Crippen LogP contribution in [0.3, 0.4) is 0 Å². The lowest BCUT2D eigenvalue weighted by Gasteiger charge is -2.48. The molecule has 1 aromatic heterocycles. The molecule has 0 bridgehead atoms. The molecule has 2 atom stereocenters. The number of nitro benzene ring substituents is 1. The van der Waals surface area contributed by atoms with E-state index < -0.39 is 11.2 Å². The number of hydrogen-bond acceptors (Lipinski definition) is 6. The molecule has 2 heterocycles. The summed E-state index contributed by atoms with van der Waals surface area (Å²) in [5.74, 6) is 0.762. The van der Waals surface area contributed by atoms with Gasteiger partial charge in [0.05, 0.1) is 11.0 Å². The predicted octanol–water partition coefficient (Wildman–Crippen LogP) is 4.85. The fourth-order valence-electron chi connectivity index (χ4n) is 4.75. The van der Waals surface area contributed by atoms with E-state index in [1.54, 1.807) is 12.1 Å². The summed E-state index contributed by atoms with van der Waals surface area (Å²) in [6.07, 6.45) is 5.34. The van der Waals surface area contributed by atoms with Crippen molar-refractivity contribution in [1.82, 2.24) is 9.88 Å². The Kier molecular flexibility index (Phi) is 9.55. The van der Waals surface area contributed by atoms with Gasteiger partial charge in [-0.1, -0.05) is 19.8 Å². The van der Waals surface area contributed by atoms with Crippen LogP contribution in [0.4, 0.5) is 11.4 Å². The number of rotatable bonds is 10. The molecule has 2 unspecified atom stereocenters. The number of anilines is 1. The van der Waals surface area contributed by atoms with Crippen molar-refractivity contribution >= 4 is 40.6 Å². The highest BCUT2D eigenvalue weighted by Crippen LogP contribution is 2.31. The molecule has 1 aliphatic rings. The zero-order chi connectivity index (χ0) is 24.8. The minimum absolute atomic E-state index is 0. The van der Waals surface area contributed by atoms with Crippen LogP contribution in [0.25, 0.3) is 10.9 Å². The molecule has 4 rings (SSSR count). The second-order valence-electron chi connectivity index (χ2n) is 8.89. The quantitative estimate of drug-likeness (QED) is 0.226. The molecule has 1 fully saturated rings. The first-order chi connectivity index (χ1) is 17.0. The van der Waals surface area contributed by atoms with Crippen molar-refractivity contribution < 1.29 is 14.5 Å². The van der Waals surface area contributed by atoms with E-state index in [1.807, 2.05) is 35.4 Å². The Labute approximate surface area is 217 Å². The number of nitrogens with zero attached hydrogens (tertiary/aromatic N) is 3. The zero-order valence-corrected chi connectivity index (χ0v) is 21.3. The summed E-state index contributed by atoms with van der Waals surface area (Å²) in [4.78, 5) is 31.2. The summed E-state index contributed by atoms with van der Waals surface area (Å²) in [5, 5.41) is 12.1. The van der Waals surface area contributed by atoms with Gasteiger partial charge in [0.15, 0.2) is 6.23 Å². The molecule has 1 saturated heterocycles. The number of carbonyl (C=O) groups excluding carboxylic acids is 1. The lowest BCUT2D eigenvalue weighted by molar-refractivity contribution is -0.384. The Hall–Kier alpha value is -3.30. The Morgan fingerprint density at radius 1 is 1.17 bits per heavy atom. The molecule has 3 N–H and O–H groups in total. The van der Waals surface area contributed by atoms with Gasteiger partial charge in [-0.3, -0.25) is 14.9 Å². The van der Waals surface area contributed by atoms with Gasteiger partial charge in [0.1, 0.15) is 5.75 Å². The number of nitrogens with two attached hydrogens (primary N) is 1. The second-order valence-corrected chi connectivity index (χ2v) is 8.89. The van der Waals surface area contributed by atoms with E-state index >= 15 is 0 Å². The van der Waals surface area contributed by atoms with Gasteiger partial charge < -0.3 is 25.3 Å². The summed E-state index contributed by atoms with van der Waals surface area (Å²) in [5.41, 5.74) is 7.93. The second kappa shape index (κ2) is 12.6. The third-order valence-electron chi connectivity index (χ3n) is 6.57. The number of H-pyrrole nitrogens is 1. The van der Waals surface area contributed by atoms with Crippen LogP contribution in [0.2, 0.25) is 0 Å². The number of fused-ring (bicyclic) bond motifs is 1. The van der Waals surface area contributed by atoms with Gasteiger partial charge in [0.25, 0.3) is 5.69 Å². The Bertz CT molecular complexity index is 1150. The minimum atomic E-state index is -0.534. The lowest BCUT2D eigenvalue weighted by Crippen LogP contribution is -2.63. The largest absolute Gasteiger partial charge is 0.468 e. The van der Waals surface area contributed by atoms with Gasteiger partial charge in [-0.05, 0) is 55.8 Å². The first kappa shape index (κ1) is 27.3. The van der Waals surface area contributed by atoms with E-state index in [2.05, 4.69) is 16.8 Å². The number of nitro groups is 1. The van der Waals surface area contributed by atoms with Gasteiger partial charge in [-0.25, -0.2) is 0 Å². The number of nitrogens with one attached hydrogen (secondary N) is 1. The van der Waals surface area contributed by atoms with Crippen LogP contribution in [0.15, 0.2) is 54.7 Å². The summed E-state index contributed by atoms with van der Waals surface area (Å²) in [6.45, 7) is 3.63. The molecular weight excluding hydrogens is 482 g/mol. The topological polar surface area (TPSA) is 118 Å². The monoisotopic (exact) mass is 515 g/mol. The molecule has 10 heteroatoms. The molecule has 9 nitrogen and oxygen atoms in total. The number of amides is 1. The Morgan fingerprint density at radius 2 is 1.94 bits per heavy atom. The average molecular weight is 516 g/mol. The maximum absolute atomic E-state index is 13.3. The maximum Gasteiger partial charge on any atom is 0.269 e. The number of non-ortho nitro benzene ring substituents is 1. The Balaban J connectivity index is 0.00000361. The predicted molar refractivity (Wildman–Crippen MR) is 144 cm³/mol. The van der Waals surface area contributed by atoms with Gasteiger partial charge in [-0.15, -0.1) is 12.4 Å². The molecule has 36 heavy (non-hydrogen) atoms. The molecular formula is C26H34ClN5O4. The fraction of sp³-hybridized carbons (Fsp3) is 0.423. The van der Waals surface area contributed by atoms with E-state index in [1.165, 1.54) is 12.1 Å². The number of aromatic nitrogens is 1. The van der Waals surface area contributed by atoms with Crippen molar-refractivity contribution in [2.75, 3.05) is 24.5 Å². The summed E-state index contributed by atoms with van der Waals surface area (Å²) in [7, 11) is 0. The van der Waals surface area contributed by atoms with E-state index in [0.29, 0.717) is 38.2 Å². The van der Waals surface area contributed by atoms with E-state index in [9.17, 15) is 14.9 Å². The highest BCUT2D eigenvalue weighted by atomic mass is 35.5. The molecule has 0 radical (unpaired) electrons. The summed E-state index contributed by atoms with van der Waals surface area (Å²) >= 11 is 0. The zero-order valence-electron chi connectivity index (χ0n) is 20.5. The van der Waals surface area contributed by atoms with Crippen LogP contribution < -0.4 is 15.4 Å². The van der Waals surface area contributed by atoms with Crippen molar-refractivity contribution in [2.24, 2.45) is 5.73 Å². The number of halogens is 1. The van der Waals surface area contributed by atoms with Crippen molar-refractivity contribution in [3.05, 3.63) is 64.8 Å². The summed E-state index contributed by atoms with van der Waals surface area (Å²) < 4.78 is 6.54. The number of carbonyl (C=O) groups is 1. The third-order valence-corrected chi connectivity index (χ3v) is 6.57. The highest BCUT2D eigenvalue weighted by molar-refractivity contribution is 5.85. The number of piperazine rings is 1. The molecule has 0 aliphatic carbocycles. The molecule has 0 spiro atoms. The molecule has 194 valence electrons. The minimum Gasteiger partial charge on any atom is -0.468 e. The van der Waals surface area contributed by atoms with Crippen LogP contribution in [0, 0.1) is 10.1 Å². The molecule has 3 aromatic rings. The molecule has 1 aliphatic heterocycles. The lowest BCUT2D eigenvalue weighted by atomic mass is 10.0. The van der Waals surface area contributed by atoms with E-state index in [0.717, 1.165) is 35.9 Å². The van der Waals surface area contributed by atoms with E-state index in [-0.39, 0.29) is 30.0 Å². The van der Waals surface area contributed by atoms with Crippen molar-refractivity contribution in [3.63, 3.8) is 0 Å². The van der Waals surface area contributed by atoms with E-state index in [4.69, 9.17) is 10.5 Å². The van der Waals surface area contributed by atoms with Gasteiger partial charge >= 0.3 is 0 Å². The number of aromatic amines is 1. The highest BCUT2D eigenvalue weighted by Gasteiger charge is 2.40. The van der Waals surface area contributed by atoms with Gasteiger partial charge in [0.2, 0.25) is 5.91 Å². The maximum atomic E-state index is 13.3. The first-order valence-electron chi connectivity index (χ1n) is 12.3. The number of unbranched alkanes of at least 4 members (excludes halogenated alkanes) is 2. The standard InChI is InChI=1S/C26H33N5O4.ClH/c1-2-3-4-5-25(32)30-17-16-29(20-6-8-21(9-7-20)31(33)34)24(12-14-27)26(30)35-22-10-11-23-19(18-22)13-15-28-23;/h6-11,13,15,18,24,26,28H,2-5,12,14,16-17,27H2,1H3;1H. The first-order valence-corrected chi connectivity index (χ1v) is 12.3. The van der Waals surface area contributed by atoms with Crippen LogP contribution in [0.5, 0.6) is 5.75 Å². The van der Waals surface area contributed by atoms with Crippen LogP contribution >= 0.6 is 12.4 Å². The normalized spacial score (nSPS) is 17.6. The SMILES string of the molecule is CCCCCC(=O)N1CCN(c2ccc([N+](=O)[O-])cc2)C(CCN)C1Oc1ccc2[nH]ccc2c1.Cl. The number of hydrogen-bond donors (Lipinski definition) is 2. The van der Waals surface area contributed by atoms with Gasteiger partial charge in [-0.2, -0.15) is 0 Å². The van der Waals surface area contributed by atoms with Crippen molar-refractivity contribution in [1.29, 1.82) is 0 Å². The number of ether oxygens (including phenoxy) is 1. The van der Waals surface area contributed by atoms with Gasteiger partial charge in [0, 0.05) is 54.4 Å². The van der Waals surface area contributed by atoms with Crippen molar-refractivity contribution in [3.8, 4) is 5.75 Å². The van der Waals surface area contributed by atoms with Crippen LogP contribution in [-0.4, -0.2) is 52.6 Å². The fourth-order valence-corrected chi connectivity index (χ4v) is 4.75. The van der Waals surface area contributed by atoms with Crippen LogP contribution in [-0.2, 0) is 4.79 Å². The smallest absolute Gasteiger partial charge is 0.269 e. The van der Waals surface area contributed by atoms with Crippen molar-refractivity contribution in [2.45, 2.75) is 51.3 Å². The average Bonchev–Trinajstić information content (AvgIpc) is 3.33. The summed E-state index contributed by atoms with van der Waals surface area (Å²) in [6, 6.07) is 14.1. The third kappa shape index (κ3) is 6.09. The number of benzene rings is 2. The molecule has 1 amide bonds.